The van der Waals surface area contributed by atoms with E-state index < -0.39 is 0 Å². The monoisotopic (exact) mass is 2210 g/mol. The average molecular weight is 2220 g/mol. The minimum Gasteiger partial charge on any atom is -0.383 e. The van der Waals surface area contributed by atoms with Crippen molar-refractivity contribution in [2.75, 3.05) is 188 Å². The highest BCUT2D eigenvalue weighted by Gasteiger charge is 2.35. The number of nitrogen functional groups attached to an aromatic ring is 5. The number of carbonyl (C=O) groups is 5. The van der Waals surface area contributed by atoms with Crippen molar-refractivity contribution in [1.82, 2.24) is 101 Å². The Kier molecular flexibility index (Phi) is 42.0. The summed E-state index contributed by atoms with van der Waals surface area (Å²) in [5.41, 5.74) is 40.0. The van der Waals surface area contributed by atoms with Gasteiger partial charge in [0.05, 0.1) is 55.7 Å². The van der Waals surface area contributed by atoms with Crippen LogP contribution in [0, 0.1) is 23.2 Å². The average Bonchev–Trinajstić information content (AvgIpc) is 1.64. The first-order valence-corrected chi connectivity index (χ1v) is 64.0. The van der Waals surface area contributed by atoms with E-state index in [1.807, 2.05) is 0 Å². The summed E-state index contributed by atoms with van der Waals surface area (Å²) < 4.78 is 0. The van der Waals surface area contributed by atoms with E-state index in [0.717, 1.165) is 232 Å². The number of anilines is 5. The van der Waals surface area contributed by atoms with Crippen molar-refractivity contribution in [2.24, 2.45) is 23.2 Å². The minimum absolute atomic E-state index is 0.0236. The van der Waals surface area contributed by atoms with Crippen LogP contribution in [-0.2, 0) is 88.2 Å². The number of fused-ring (bicyclic) bond motifs is 15. The largest absolute Gasteiger partial charge is 0.383 e. The molecule has 21 rings (SSSR count). The number of thiophene rings is 5. The predicted octanol–water partition coefficient (Wildman–Crippen LogP) is 18.2. The van der Waals surface area contributed by atoms with Gasteiger partial charge in [-0.1, -0.05) is 169 Å². The second kappa shape index (κ2) is 55.6. The molecule has 0 radical (unpaired) electrons. The molecule has 0 saturated carbocycles. The van der Waals surface area contributed by atoms with Crippen molar-refractivity contribution in [3.63, 3.8) is 0 Å². The van der Waals surface area contributed by atoms with Gasteiger partial charge in [0.1, 0.15) is 53.2 Å². The number of aromatic nitrogens is 10. The molecule has 4 unspecified atom stereocenters. The van der Waals surface area contributed by atoms with Crippen LogP contribution in [0.15, 0.2) is 56.1 Å². The number of nitrogens with one attached hydrogen (secondary N) is 5. The molecule has 10 aromatic heterocycles. The van der Waals surface area contributed by atoms with E-state index in [1.54, 1.807) is 56.7 Å². The Bertz CT molecular complexity index is 6260. The zero-order valence-corrected chi connectivity index (χ0v) is 96.1. The second-order valence-electron chi connectivity index (χ2n) is 42.7. The number of aryl methyl sites for hydroxylation is 6. The first kappa shape index (κ1) is 112. The zero-order chi connectivity index (χ0) is 104. The molecule has 0 spiro atoms. The Morgan fingerprint density at radius 3 is 0.946 bits per heavy atom. The van der Waals surface area contributed by atoms with Gasteiger partial charge in [0, 0.05) is 89.8 Å². The summed E-state index contributed by atoms with van der Waals surface area (Å²) in [6.07, 6.45) is 39.9. The molecule has 0 bridgehead atoms. The van der Waals surface area contributed by atoms with E-state index in [-0.39, 0.29) is 29.5 Å². The molecule has 10 aliphatic rings. The van der Waals surface area contributed by atoms with Crippen molar-refractivity contribution in [3.05, 3.63) is 88.1 Å². The van der Waals surface area contributed by atoms with E-state index >= 15 is 0 Å². The van der Waals surface area contributed by atoms with Crippen molar-refractivity contribution in [3.8, 4) is 0 Å². The summed E-state index contributed by atoms with van der Waals surface area (Å²) in [4.78, 5) is 131. The van der Waals surface area contributed by atoms with Gasteiger partial charge in [0.2, 0.25) is 29.5 Å². The van der Waals surface area contributed by atoms with Crippen LogP contribution in [0.1, 0.15) is 246 Å². The molecule has 5 saturated heterocycles. The minimum atomic E-state index is 0.0236. The van der Waals surface area contributed by atoms with Crippen molar-refractivity contribution < 1.29 is 24.0 Å². The molecule has 149 heavy (non-hydrogen) atoms. The van der Waals surface area contributed by atoms with Gasteiger partial charge in [0.15, 0.2) is 25.8 Å². The first-order valence-electron chi connectivity index (χ1n) is 55.0. The van der Waals surface area contributed by atoms with Crippen LogP contribution in [0.3, 0.4) is 0 Å². The van der Waals surface area contributed by atoms with Gasteiger partial charge in [-0.25, -0.2) is 49.8 Å². The van der Waals surface area contributed by atoms with Crippen LogP contribution < -0.4 is 55.3 Å². The van der Waals surface area contributed by atoms with E-state index in [1.165, 1.54) is 258 Å². The summed E-state index contributed by atoms with van der Waals surface area (Å²) in [6.45, 7) is 31.3. The molecule has 1 aromatic carbocycles. The maximum atomic E-state index is 12.3. The number of benzene rings is 1. The molecule has 4 atom stereocenters. The Labute approximate surface area is 920 Å². The van der Waals surface area contributed by atoms with Crippen molar-refractivity contribution in [1.29, 1.82) is 0 Å². The molecule has 5 amide bonds. The van der Waals surface area contributed by atoms with Gasteiger partial charge >= 0.3 is 0 Å². The number of thioether (sulfide) groups is 5. The van der Waals surface area contributed by atoms with Crippen molar-refractivity contribution >= 4 is 225 Å². The van der Waals surface area contributed by atoms with Crippen LogP contribution in [0.5, 0.6) is 0 Å². The lowest BCUT2D eigenvalue weighted by Gasteiger charge is -2.33. The summed E-state index contributed by atoms with van der Waals surface area (Å²) in [5, 5.41) is 23.3. The van der Waals surface area contributed by atoms with Gasteiger partial charge < -0.3 is 79.8 Å². The maximum absolute atomic E-state index is 12.3. The number of rotatable bonds is 32. The number of amides is 5. The van der Waals surface area contributed by atoms with Crippen LogP contribution >= 0.6 is 115 Å². The topological polar surface area (TPSA) is 421 Å². The van der Waals surface area contributed by atoms with E-state index in [0.29, 0.717) is 134 Å². The van der Waals surface area contributed by atoms with Crippen LogP contribution in [-0.4, -0.2) is 264 Å². The Hall–Kier alpha value is -7.68. The predicted molar refractivity (Wildman–Crippen MR) is 624 cm³/mol. The fourth-order valence-electron chi connectivity index (χ4n) is 22.3. The maximum Gasteiger partial charge on any atom is 0.230 e. The third kappa shape index (κ3) is 31.6. The molecule has 30 nitrogen and oxygen atoms in total. The van der Waals surface area contributed by atoms with Gasteiger partial charge in [-0.05, 0) is 295 Å². The molecule has 5 aliphatic heterocycles. The molecular formula is C109H155N25O5S10. The van der Waals surface area contributed by atoms with Crippen LogP contribution in [0.25, 0.3) is 51.1 Å². The Morgan fingerprint density at radius 1 is 0.329 bits per heavy atom. The molecule has 11 aromatic rings. The standard InChI is InChI=1S/C25H31N5OS2.C23H35N5OS2.C21H31N5OS2.2C20H29N5OS2/c26-23-22-19-10-9-18(17-7-3-1-4-8-17)15-20(19)33-24(22)29-25(28-23)32-16-21(31)27-11-14-30-12-5-2-6-13-30;1-23(2,3)15-7-8-16-17(13-15)31-21-19(16)20(24)26-22(27-21)30-14-18(29)25-9-12-28-10-5-4-6-11-28;1-2-14-6-7-15-16(12-14)29-20-18(15)19(22)24-21(25-20)28-13-17(27)23-8-11-26-9-4-3-5-10-26;1-13-5-6-14-15(11-13)28-19-17(14)18(21)23-20(24-19)27-12-16(26)22-7-10-25-8-3-2-4-9-25;21-18-17-14-7-3-1-4-8-15(14)28-19(17)24-20(23-18)27-13-16(26)22-9-12-25-10-5-2-6-11-25/h1,3-4,7-8,18H,2,5-6,9-16H2,(H,27,31)(H2,26,28,29);15H,4-14H2,1-3H3,(H,25,29)(H2,24,26,27);14H,2-13H2,1H3,(H,23,27)(H2,22,24,25);13H,2-12H2,1H3,(H,22,26)(H2,21,23,24);1-13H2,(H,22,26)(H2,21,23,24). The van der Waals surface area contributed by atoms with Gasteiger partial charge in [0.25, 0.3) is 0 Å². The lowest BCUT2D eigenvalue weighted by molar-refractivity contribution is -0.119. The number of hydrogen-bond donors (Lipinski definition) is 10. The molecule has 5 aliphatic carbocycles. The second-order valence-corrected chi connectivity index (χ2v) is 52.8. The normalized spacial score (nSPS) is 19.4. The highest BCUT2D eigenvalue weighted by molar-refractivity contribution is 8.00. The first-order chi connectivity index (χ1) is 72.4. The SMILES string of the molecule is CC(C)(C)C1CCc2c(sc3nc(SCC(=O)NCCN4CCCCC4)nc(N)c23)C1.CC1CCc2c(sc3nc(SCC(=O)NCCN4CCCCC4)nc(N)c23)C1.CCC1CCc2c(sc3nc(SCC(=O)NCCN4CCCCC4)nc(N)c23)C1.Nc1nc(SCC(=O)NCCN2CCCCC2)nc2sc3c(c12)CCC(c1ccccc1)C3.Nc1nc(SCC(=O)NCCN2CCCCC2)nc2sc3c(c12)CCCCC3. The van der Waals surface area contributed by atoms with Crippen LogP contribution in [0.2, 0.25) is 0 Å². The van der Waals surface area contributed by atoms with Gasteiger partial charge in [-0.3, -0.25) is 24.0 Å². The fourth-order valence-corrected chi connectivity index (χ4v) is 32.6. The van der Waals surface area contributed by atoms with Gasteiger partial charge in [-0.15, -0.1) is 56.7 Å². The Balaban J connectivity index is 0.000000127. The number of hydrogen-bond acceptors (Lipinski definition) is 35. The molecule has 806 valence electrons. The van der Waals surface area contributed by atoms with E-state index in [2.05, 4.69) is 141 Å². The number of carbonyl (C=O) groups excluding carboxylic acids is 5. The molecular weight excluding hydrogens is 2060 g/mol. The van der Waals surface area contributed by atoms with E-state index in [9.17, 15) is 24.0 Å². The summed E-state index contributed by atoms with van der Waals surface area (Å²) >= 11 is 15.6. The Morgan fingerprint density at radius 2 is 0.611 bits per heavy atom. The summed E-state index contributed by atoms with van der Waals surface area (Å²) in [6, 6.07) is 10.8. The molecule has 15 heterocycles. The third-order valence-corrected chi connectivity index (χ3v) is 40.8. The van der Waals surface area contributed by atoms with Crippen molar-refractivity contribution in [2.45, 2.75) is 278 Å². The lowest BCUT2D eigenvalue weighted by atomic mass is 9.72. The third-order valence-electron chi connectivity index (χ3n) is 30.8. The van der Waals surface area contributed by atoms with E-state index in [4.69, 9.17) is 53.6 Å². The lowest BCUT2D eigenvalue weighted by Crippen LogP contribution is -2.38. The molecule has 40 heteroatoms. The van der Waals surface area contributed by atoms with Gasteiger partial charge in [-0.2, -0.15) is 0 Å². The number of nitrogens with two attached hydrogens (primary N) is 5. The summed E-state index contributed by atoms with van der Waals surface area (Å²) in [7, 11) is 0. The quantitative estimate of drug-likeness (QED) is 0.0106. The number of piperidine rings is 5. The summed E-state index contributed by atoms with van der Waals surface area (Å²) in [5.74, 6) is 7.29. The van der Waals surface area contributed by atoms with Crippen LogP contribution in [0.4, 0.5) is 29.1 Å². The number of likely N-dealkylation sites (tertiary alicyclic amines) is 5. The zero-order valence-electron chi connectivity index (χ0n) is 87.9. The smallest absolute Gasteiger partial charge is 0.230 e. The molecule has 15 N–H and O–H groups in total. The highest BCUT2D eigenvalue weighted by atomic mass is 32.2. The highest BCUT2D eigenvalue weighted by Crippen LogP contribution is 2.49. The molecule has 5 fully saturated rings. The fraction of sp³-hybridized carbons (Fsp3) is 0.624. The number of nitrogens with zero attached hydrogens (tertiary/aromatic N) is 15.